The van der Waals surface area contributed by atoms with Gasteiger partial charge in [-0.05, 0) is 41.5 Å². The monoisotopic (exact) mass is 358 g/mol. The molecule has 2 aromatic carbocycles. The predicted octanol–water partition coefficient (Wildman–Crippen LogP) is 3.90. The molecule has 0 aliphatic carbocycles. The van der Waals surface area contributed by atoms with E-state index in [1.165, 1.54) is 13.8 Å². The lowest BCUT2D eigenvalue weighted by Crippen LogP contribution is -2.32. The van der Waals surface area contributed by atoms with Crippen LogP contribution in [-0.4, -0.2) is 5.85 Å². The van der Waals surface area contributed by atoms with Crippen LogP contribution < -0.4 is 21.1 Å². The minimum absolute atomic E-state index is 0.377. The first-order chi connectivity index (χ1) is 11.9. The Morgan fingerprint density at radius 2 is 1.72 bits per heavy atom. The van der Waals surface area contributed by atoms with Gasteiger partial charge in [-0.3, -0.25) is 5.43 Å². The van der Waals surface area contributed by atoms with Gasteiger partial charge >= 0.3 is 0 Å². The Labute approximate surface area is 150 Å². The molecule has 0 atom stereocenters. The topological polar surface area (TPSA) is 69.1 Å². The molecule has 0 bridgehead atoms. The number of benzene rings is 2. The first-order valence-corrected chi connectivity index (χ1v) is 7.94. The summed E-state index contributed by atoms with van der Waals surface area (Å²) in [6, 6.07) is 14.6. The van der Waals surface area contributed by atoms with Crippen LogP contribution in [0.1, 0.15) is 19.4 Å². The highest BCUT2D eigenvalue weighted by atomic mass is 35.5. The van der Waals surface area contributed by atoms with Gasteiger partial charge in [-0.1, -0.05) is 23.7 Å². The number of hydrogen-bond acceptors (Lipinski definition) is 5. The molecule has 7 heteroatoms. The third-order valence-electron chi connectivity index (χ3n) is 3.47. The van der Waals surface area contributed by atoms with Gasteiger partial charge in [0, 0.05) is 24.4 Å². The molecular weight excluding hydrogens is 343 g/mol. The van der Waals surface area contributed by atoms with Gasteiger partial charge in [0.25, 0.3) is 0 Å². The predicted molar refractivity (Wildman–Crippen MR) is 94.6 cm³/mol. The van der Waals surface area contributed by atoms with Crippen molar-refractivity contribution in [2.45, 2.75) is 19.7 Å². The Morgan fingerprint density at radius 1 is 1.04 bits per heavy atom. The maximum Gasteiger partial charge on any atom is 0.242 e. The lowest BCUT2D eigenvalue weighted by atomic mass is 10.0. The third-order valence-corrected chi connectivity index (χ3v) is 3.69. The molecule has 0 radical (unpaired) electrons. The zero-order chi connectivity index (χ0) is 18.0. The van der Waals surface area contributed by atoms with Crippen LogP contribution in [0.5, 0.6) is 5.75 Å². The quantitative estimate of drug-likeness (QED) is 0.773. The van der Waals surface area contributed by atoms with Gasteiger partial charge in [0.2, 0.25) is 5.85 Å². The van der Waals surface area contributed by atoms with E-state index >= 15 is 0 Å². The molecule has 1 aliphatic heterocycles. The molecule has 0 amide bonds. The van der Waals surface area contributed by atoms with Crippen LogP contribution in [0.3, 0.4) is 0 Å². The molecule has 0 fully saturated rings. The molecule has 25 heavy (non-hydrogen) atoms. The molecule has 2 aromatic rings. The molecule has 0 aromatic heterocycles. The average Bonchev–Trinajstić information content (AvgIpc) is 3.02. The smallest absolute Gasteiger partial charge is 0.242 e. The highest BCUT2D eigenvalue weighted by Gasteiger charge is 2.18. The molecule has 0 spiro atoms. The van der Waals surface area contributed by atoms with Gasteiger partial charge in [0.05, 0.1) is 5.70 Å². The van der Waals surface area contributed by atoms with Crippen molar-refractivity contribution in [2.75, 3.05) is 0 Å². The largest absolute Gasteiger partial charge is 0.459 e. The first kappa shape index (κ1) is 17.1. The fraction of sp³-hybridized carbons (Fsp3) is 0.167. The van der Waals surface area contributed by atoms with E-state index in [0.29, 0.717) is 22.2 Å². The number of nitrogens with one attached hydrogen (secondary N) is 3. The van der Waals surface area contributed by atoms with Crippen molar-refractivity contribution in [1.82, 2.24) is 16.4 Å². The summed E-state index contributed by atoms with van der Waals surface area (Å²) in [6.07, 6.45) is 0. The van der Waals surface area contributed by atoms with Gasteiger partial charge in [-0.25, -0.2) is 0 Å². The second-order valence-corrected chi connectivity index (χ2v) is 6.39. The summed E-state index contributed by atoms with van der Waals surface area (Å²) in [4.78, 5) is 0. The summed E-state index contributed by atoms with van der Waals surface area (Å²) in [5, 5.41) is 9.69. The number of hydrazine groups is 2. The highest BCUT2D eigenvalue weighted by molar-refractivity contribution is 6.31. The fourth-order valence-corrected chi connectivity index (χ4v) is 2.71. The Bertz CT molecular complexity index is 866. The Kier molecular flexibility index (Phi) is 4.53. The van der Waals surface area contributed by atoms with Crippen molar-refractivity contribution in [3.63, 3.8) is 0 Å². The molecule has 0 unspecified atom stereocenters. The number of nitriles is 1. The van der Waals surface area contributed by atoms with Crippen molar-refractivity contribution in [2.24, 2.45) is 0 Å². The van der Waals surface area contributed by atoms with Crippen LogP contribution in [0.2, 0.25) is 5.02 Å². The lowest BCUT2D eigenvalue weighted by Gasteiger charge is -2.17. The second kappa shape index (κ2) is 6.63. The van der Waals surface area contributed by atoms with Gasteiger partial charge in [0.15, 0.2) is 5.70 Å². The van der Waals surface area contributed by atoms with E-state index in [-0.39, 0.29) is 0 Å². The zero-order valence-corrected chi connectivity index (χ0v) is 14.4. The standard InChI is InChI=1S/C18H16ClFN4O/c1-18(2,20)25-15-5-3-11(4-6-15)12-7-13(9-14(19)8-12)17-16(10-21)22-24-23-17/h3-9,22-24H,1-2H3. The van der Waals surface area contributed by atoms with Gasteiger partial charge in [-0.2, -0.15) is 9.65 Å². The Morgan fingerprint density at radius 3 is 2.36 bits per heavy atom. The molecular formula is C18H16ClFN4O. The van der Waals surface area contributed by atoms with Crippen molar-refractivity contribution in [1.29, 1.82) is 5.26 Å². The van der Waals surface area contributed by atoms with E-state index in [0.717, 1.165) is 16.7 Å². The van der Waals surface area contributed by atoms with E-state index in [1.807, 2.05) is 24.3 Å². The third kappa shape index (κ3) is 4.02. The molecule has 0 saturated heterocycles. The van der Waals surface area contributed by atoms with E-state index in [9.17, 15) is 4.39 Å². The van der Waals surface area contributed by atoms with Crippen LogP contribution in [0, 0.1) is 11.3 Å². The maximum absolute atomic E-state index is 13.6. The normalized spacial score (nSPS) is 13.9. The van der Waals surface area contributed by atoms with Crippen molar-refractivity contribution in [3.8, 4) is 22.9 Å². The number of alkyl halides is 1. The molecule has 1 aliphatic rings. The number of hydrogen-bond donors (Lipinski definition) is 3. The highest BCUT2D eigenvalue weighted by Crippen LogP contribution is 2.30. The lowest BCUT2D eigenvalue weighted by molar-refractivity contribution is -0.0256. The molecule has 128 valence electrons. The summed E-state index contributed by atoms with van der Waals surface area (Å²) in [5.41, 5.74) is 11.8. The first-order valence-electron chi connectivity index (χ1n) is 7.56. The number of ether oxygens (including phenoxy) is 1. The van der Waals surface area contributed by atoms with E-state index < -0.39 is 5.85 Å². The summed E-state index contributed by atoms with van der Waals surface area (Å²) in [5.74, 6) is -1.29. The molecule has 3 rings (SSSR count). The minimum atomic E-state index is -1.74. The average molecular weight is 359 g/mol. The van der Waals surface area contributed by atoms with Gasteiger partial charge in [-0.15, -0.1) is 5.53 Å². The van der Waals surface area contributed by atoms with Crippen molar-refractivity contribution in [3.05, 3.63) is 58.7 Å². The van der Waals surface area contributed by atoms with Crippen LogP contribution in [0.15, 0.2) is 48.2 Å². The summed E-state index contributed by atoms with van der Waals surface area (Å²) in [7, 11) is 0. The fourth-order valence-electron chi connectivity index (χ4n) is 2.48. The van der Waals surface area contributed by atoms with Crippen LogP contribution in [0.4, 0.5) is 4.39 Å². The maximum atomic E-state index is 13.6. The van der Waals surface area contributed by atoms with Crippen LogP contribution in [-0.2, 0) is 0 Å². The van der Waals surface area contributed by atoms with E-state index in [1.54, 1.807) is 18.2 Å². The molecule has 5 nitrogen and oxygen atoms in total. The molecule has 0 saturated carbocycles. The van der Waals surface area contributed by atoms with Crippen LogP contribution >= 0.6 is 11.6 Å². The van der Waals surface area contributed by atoms with Crippen molar-refractivity contribution >= 4 is 17.3 Å². The Balaban J connectivity index is 1.95. The number of allylic oxidation sites excluding steroid dienone is 1. The van der Waals surface area contributed by atoms with E-state index in [4.69, 9.17) is 21.6 Å². The van der Waals surface area contributed by atoms with Crippen LogP contribution in [0.25, 0.3) is 16.8 Å². The number of rotatable bonds is 4. The number of halogens is 2. The van der Waals surface area contributed by atoms with Crippen molar-refractivity contribution < 1.29 is 9.13 Å². The summed E-state index contributed by atoms with van der Waals surface area (Å²) in [6.45, 7) is 2.70. The molecule has 3 N–H and O–H groups in total. The minimum Gasteiger partial charge on any atom is -0.459 e. The van der Waals surface area contributed by atoms with Gasteiger partial charge in [0.1, 0.15) is 11.8 Å². The second-order valence-electron chi connectivity index (χ2n) is 5.96. The van der Waals surface area contributed by atoms with Gasteiger partial charge < -0.3 is 10.2 Å². The number of nitrogens with zero attached hydrogens (tertiary/aromatic N) is 1. The molecule has 1 heterocycles. The SMILES string of the molecule is CC(C)(F)Oc1ccc(-c2cc(Cl)cc(C3=C(C#N)NNN3)c2)cc1. The summed E-state index contributed by atoms with van der Waals surface area (Å²) < 4.78 is 18.7. The summed E-state index contributed by atoms with van der Waals surface area (Å²) >= 11 is 6.24. The Hall–Kier alpha value is -2.75. The van der Waals surface area contributed by atoms with E-state index in [2.05, 4.69) is 22.5 Å². The zero-order valence-electron chi connectivity index (χ0n) is 13.7.